The molecule has 2 nitrogen and oxygen atoms in total. The Kier molecular flexibility index (Phi) is 4.34. The number of benzene rings is 2. The molecule has 1 aliphatic heterocycles. The maximum atomic E-state index is 6.03. The fourth-order valence-corrected chi connectivity index (χ4v) is 3.06. The van der Waals surface area contributed by atoms with Crippen LogP contribution in [0, 0.1) is 0 Å². The monoisotopic (exact) mass is 269 g/mol. The maximum absolute atomic E-state index is 6.03. The summed E-state index contributed by atoms with van der Waals surface area (Å²) in [6.45, 7) is 4.94. The number of unbranched alkanes of at least 4 members (excludes halogenated alkanes) is 1. The van der Waals surface area contributed by atoms with E-state index in [0.29, 0.717) is 0 Å². The van der Waals surface area contributed by atoms with Gasteiger partial charge in [0.1, 0.15) is 0 Å². The summed E-state index contributed by atoms with van der Waals surface area (Å²) >= 11 is 0. The van der Waals surface area contributed by atoms with Gasteiger partial charge in [0.25, 0.3) is 0 Å². The highest BCUT2D eigenvalue weighted by Crippen LogP contribution is 2.31. The lowest BCUT2D eigenvalue weighted by Gasteiger charge is -2.27. The van der Waals surface area contributed by atoms with Crippen LogP contribution in [-0.4, -0.2) is 19.7 Å². The first-order valence-electron chi connectivity index (χ1n) is 7.73. The lowest BCUT2D eigenvalue weighted by molar-refractivity contribution is 0.0281. The van der Waals surface area contributed by atoms with E-state index < -0.39 is 0 Å². The molecule has 1 unspecified atom stereocenters. The minimum Gasteiger partial charge on any atom is -0.371 e. The van der Waals surface area contributed by atoms with E-state index in [0.717, 1.165) is 26.1 Å². The standard InChI is InChI=1S/C18H23NO/c1-2-3-6-15-10-9-14-7-4-5-8-16(14)18(15)17-13-19-11-12-20-17/h4-5,7-10,17,19H,2-3,6,11-13H2,1H3. The van der Waals surface area contributed by atoms with Crippen molar-refractivity contribution in [3.05, 3.63) is 47.5 Å². The Morgan fingerprint density at radius 2 is 2.10 bits per heavy atom. The average molecular weight is 269 g/mol. The van der Waals surface area contributed by atoms with Crippen molar-refractivity contribution in [1.29, 1.82) is 0 Å². The van der Waals surface area contributed by atoms with Crippen molar-refractivity contribution >= 4 is 10.8 Å². The van der Waals surface area contributed by atoms with Gasteiger partial charge in [0.2, 0.25) is 0 Å². The van der Waals surface area contributed by atoms with E-state index >= 15 is 0 Å². The van der Waals surface area contributed by atoms with E-state index in [1.165, 1.54) is 34.7 Å². The zero-order valence-corrected chi connectivity index (χ0v) is 12.2. The lowest BCUT2D eigenvalue weighted by Crippen LogP contribution is -2.33. The molecule has 1 saturated heterocycles. The minimum atomic E-state index is 0.196. The van der Waals surface area contributed by atoms with Gasteiger partial charge in [-0.25, -0.2) is 0 Å². The van der Waals surface area contributed by atoms with Crippen molar-refractivity contribution in [2.45, 2.75) is 32.3 Å². The Morgan fingerprint density at radius 1 is 1.20 bits per heavy atom. The second-order valence-electron chi connectivity index (χ2n) is 5.53. The summed E-state index contributed by atoms with van der Waals surface area (Å²) in [5, 5.41) is 6.13. The quantitative estimate of drug-likeness (QED) is 0.910. The summed E-state index contributed by atoms with van der Waals surface area (Å²) in [6, 6.07) is 13.2. The van der Waals surface area contributed by atoms with Gasteiger partial charge < -0.3 is 10.1 Å². The third-order valence-electron chi connectivity index (χ3n) is 4.11. The predicted octanol–water partition coefficient (Wildman–Crippen LogP) is 3.84. The third kappa shape index (κ3) is 2.72. The van der Waals surface area contributed by atoms with E-state index in [1.54, 1.807) is 0 Å². The van der Waals surface area contributed by atoms with E-state index in [1.807, 2.05) is 0 Å². The molecule has 0 bridgehead atoms. The molecule has 0 aromatic heterocycles. The Hall–Kier alpha value is -1.38. The van der Waals surface area contributed by atoms with Crippen molar-refractivity contribution in [1.82, 2.24) is 5.32 Å². The van der Waals surface area contributed by atoms with Crippen LogP contribution in [-0.2, 0) is 11.2 Å². The van der Waals surface area contributed by atoms with Crippen LogP contribution >= 0.6 is 0 Å². The van der Waals surface area contributed by atoms with Gasteiger partial charge in [-0.2, -0.15) is 0 Å². The highest BCUT2D eigenvalue weighted by molar-refractivity contribution is 5.87. The highest BCUT2D eigenvalue weighted by atomic mass is 16.5. The molecule has 0 saturated carbocycles. The zero-order valence-electron chi connectivity index (χ0n) is 12.2. The molecule has 2 heteroatoms. The summed E-state index contributed by atoms with van der Waals surface area (Å²) in [5.41, 5.74) is 2.86. The molecule has 1 heterocycles. The molecule has 106 valence electrons. The third-order valence-corrected chi connectivity index (χ3v) is 4.11. The van der Waals surface area contributed by atoms with Crippen LogP contribution in [0.3, 0.4) is 0 Å². The number of aryl methyl sites for hydroxylation is 1. The molecule has 1 atom stereocenters. The molecule has 0 aliphatic carbocycles. The highest BCUT2D eigenvalue weighted by Gasteiger charge is 2.20. The second-order valence-corrected chi connectivity index (χ2v) is 5.53. The molecule has 0 spiro atoms. The van der Waals surface area contributed by atoms with Crippen LogP contribution in [0.5, 0.6) is 0 Å². The number of hydrogen-bond acceptors (Lipinski definition) is 2. The number of rotatable bonds is 4. The molecular formula is C18H23NO. The van der Waals surface area contributed by atoms with Crippen LogP contribution in [0.1, 0.15) is 37.0 Å². The van der Waals surface area contributed by atoms with Gasteiger partial charge in [0, 0.05) is 13.1 Å². The topological polar surface area (TPSA) is 21.3 Å². The summed E-state index contributed by atoms with van der Waals surface area (Å²) < 4.78 is 6.03. The first-order valence-corrected chi connectivity index (χ1v) is 7.73. The number of morpholine rings is 1. The second kappa shape index (κ2) is 6.38. The minimum absolute atomic E-state index is 0.196. The van der Waals surface area contributed by atoms with E-state index in [-0.39, 0.29) is 6.10 Å². The summed E-state index contributed by atoms with van der Waals surface area (Å²) in [5.74, 6) is 0. The van der Waals surface area contributed by atoms with Crippen LogP contribution in [0.15, 0.2) is 36.4 Å². The molecule has 2 aromatic carbocycles. The Labute approximate surface area is 121 Å². The lowest BCUT2D eigenvalue weighted by atomic mass is 9.92. The van der Waals surface area contributed by atoms with Gasteiger partial charge in [-0.1, -0.05) is 49.7 Å². The van der Waals surface area contributed by atoms with Gasteiger partial charge in [-0.05, 0) is 34.7 Å². The van der Waals surface area contributed by atoms with Crippen molar-refractivity contribution in [3.63, 3.8) is 0 Å². The van der Waals surface area contributed by atoms with E-state index in [4.69, 9.17) is 4.74 Å². The van der Waals surface area contributed by atoms with E-state index in [2.05, 4.69) is 48.6 Å². The smallest absolute Gasteiger partial charge is 0.0958 e. The van der Waals surface area contributed by atoms with Crippen LogP contribution < -0.4 is 5.32 Å². The maximum Gasteiger partial charge on any atom is 0.0958 e. The summed E-state index contributed by atoms with van der Waals surface area (Å²) in [6.07, 6.45) is 3.82. The molecule has 1 fully saturated rings. The Balaban J connectivity index is 2.07. The van der Waals surface area contributed by atoms with Crippen molar-refractivity contribution in [2.24, 2.45) is 0 Å². The normalized spacial score (nSPS) is 19.4. The summed E-state index contributed by atoms with van der Waals surface area (Å²) in [7, 11) is 0. The van der Waals surface area contributed by atoms with Gasteiger partial charge in [-0.3, -0.25) is 0 Å². The number of ether oxygens (including phenoxy) is 1. The van der Waals surface area contributed by atoms with Crippen molar-refractivity contribution < 1.29 is 4.74 Å². The Bertz CT molecular complexity index is 573. The fourth-order valence-electron chi connectivity index (χ4n) is 3.06. The van der Waals surface area contributed by atoms with Gasteiger partial charge in [0.05, 0.1) is 12.7 Å². The number of fused-ring (bicyclic) bond motifs is 1. The molecule has 20 heavy (non-hydrogen) atoms. The SMILES string of the molecule is CCCCc1ccc2ccccc2c1C1CNCCO1. The van der Waals surface area contributed by atoms with E-state index in [9.17, 15) is 0 Å². The first kappa shape index (κ1) is 13.6. The zero-order chi connectivity index (χ0) is 13.8. The average Bonchev–Trinajstić information content (AvgIpc) is 2.53. The molecule has 3 rings (SSSR count). The molecule has 2 aromatic rings. The molecule has 1 N–H and O–H groups in total. The number of nitrogens with one attached hydrogen (secondary N) is 1. The van der Waals surface area contributed by atoms with Gasteiger partial charge >= 0.3 is 0 Å². The molecule has 0 amide bonds. The van der Waals surface area contributed by atoms with Crippen molar-refractivity contribution in [2.75, 3.05) is 19.7 Å². The predicted molar refractivity (Wildman–Crippen MR) is 84.1 cm³/mol. The van der Waals surface area contributed by atoms with Crippen molar-refractivity contribution in [3.8, 4) is 0 Å². The summed E-state index contributed by atoms with van der Waals surface area (Å²) in [4.78, 5) is 0. The fraction of sp³-hybridized carbons (Fsp3) is 0.444. The van der Waals surface area contributed by atoms with Crippen LogP contribution in [0.2, 0.25) is 0 Å². The molecule has 0 radical (unpaired) electrons. The largest absolute Gasteiger partial charge is 0.371 e. The Morgan fingerprint density at radius 3 is 2.90 bits per heavy atom. The number of hydrogen-bond donors (Lipinski definition) is 1. The van der Waals surface area contributed by atoms with Crippen LogP contribution in [0.25, 0.3) is 10.8 Å². The van der Waals surface area contributed by atoms with Gasteiger partial charge in [0.15, 0.2) is 0 Å². The molecular weight excluding hydrogens is 246 g/mol. The first-order chi connectivity index (χ1) is 9.90. The van der Waals surface area contributed by atoms with Crippen LogP contribution in [0.4, 0.5) is 0 Å². The van der Waals surface area contributed by atoms with Gasteiger partial charge in [-0.15, -0.1) is 0 Å². The molecule has 1 aliphatic rings.